The zero-order chi connectivity index (χ0) is 23.9. The second-order valence-corrected chi connectivity index (χ2v) is 7.50. The Balaban J connectivity index is 1.51. The molecule has 0 aromatic heterocycles. The Hall–Kier alpha value is -4.01. The maximum absolute atomic E-state index is 12.7. The fourth-order valence-corrected chi connectivity index (χ4v) is 3.46. The van der Waals surface area contributed by atoms with E-state index in [1.165, 1.54) is 0 Å². The first-order valence-electron chi connectivity index (χ1n) is 10.6. The summed E-state index contributed by atoms with van der Waals surface area (Å²) in [5, 5.41) is 10.5. The molecule has 1 heterocycles. The van der Waals surface area contributed by atoms with Crippen LogP contribution in [-0.2, 0) is 18.9 Å². The topological polar surface area (TPSA) is 108 Å². The van der Waals surface area contributed by atoms with Crippen molar-refractivity contribution in [2.24, 2.45) is 0 Å². The maximum Gasteiger partial charge on any atom is 0.338 e. The van der Waals surface area contributed by atoms with E-state index in [0.717, 1.165) is 0 Å². The van der Waals surface area contributed by atoms with Crippen LogP contribution in [0.25, 0.3) is 0 Å². The molecule has 1 aliphatic rings. The molecular formula is C26H22O8. The van der Waals surface area contributed by atoms with Crippen LogP contribution in [0.1, 0.15) is 31.1 Å². The third-order valence-corrected chi connectivity index (χ3v) is 5.18. The zero-order valence-electron chi connectivity index (χ0n) is 18.0. The molecule has 3 aromatic rings. The summed E-state index contributed by atoms with van der Waals surface area (Å²) >= 11 is 0. The molecule has 174 valence electrons. The molecule has 0 spiro atoms. The van der Waals surface area contributed by atoms with Crippen molar-refractivity contribution in [2.45, 2.75) is 24.6 Å². The standard InChI is InChI=1S/C26H22O8/c27-23(17-10-4-1-5-11-17)31-16-20-21(33-24(28)18-12-6-2-7-13-18)22(26(30)32-20)34-25(29)19-14-8-3-9-15-19/h1-15,20-22,26,30H,16H2/t20-,21?,22+,26-/m1/s1. The van der Waals surface area contributed by atoms with Crippen molar-refractivity contribution < 1.29 is 38.4 Å². The molecule has 34 heavy (non-hydrogen) atoms. The molecule has 0 bridgehead atoms. The van der Waals surface area contributed by atoms with Crippen LogP contribution in [0.5, 0.6) is 0 Å². The highest BCUT2D eigenvalue weighted by Crippen LogP contribution is 2.28. The van der Waals surface area contributed by atoms with Crippen LogP contribution in [0, 0.1) is 0 Å². The SMILES string of the molecule is O=C(OC[C@H]1O[C@@H](O)[C@@H](OC(=O)c2ccccc2)C1OC(=O)c1ccccc1)c1ccccc1. The molecule has 1 fully saturated rings. The third-order valence-electron chi connectivity index (χ3n) is 5.18. The fraction of sp³-hybridized carbons (Fsp3) is 0.192. The molecule has 1 saturated heterocycles. The van der Waals surface area contributed by atoms with E-state index in [1.807, 2.05) is 0 Å². The van der Waals surface area contributed by atoms with Gasteiger partial charge in [-0.3, -0.25) is 0 Å². The highest BCUT2D eigenvalue weighted by Gasteiger charge is 2.50. The number of aliphatic hydroxyl groups excluding tert-OH is 1. The van der Waals surface area contributed by atoms with E-state index in [2.05, 4.69) is 0 Å². The number of rotatable bonds is 7. The lowest BCUT2D eigenvalue weighted by atomic mass is 10.1. The van der Waals surface area contributed by atoms with E-state index in [0.29, 0.717) is 5.56 Å². The molecule has 1 N–H and O–H groups in total. The van der Waals surface area contributed by atoms with Crippen LogP contribution in [0.4, 0.5) is 0 Å². The van der Waals surface area contributed by atoms with Crippen LogP contribution < -0.4 is 0 Å². The Labute approximate surface area is 195 Å². The van der Waals surface area contributed by atoms with Gasteiger partial charge < -0.3 is 24.1 Å². The largest absolute Gasteiger partial charge is 0.459 e. The minimum Gasteiger partial charge on any atom is -0.459 e. The molecule has 8 nitrogen and oxygen atoms in total. The van der Waals surface area contributed by atoms with Crippen LogP contribution in [0.3, 0.4) is 0 Å². The molecule has 1 aliphatic heterocycles. The van der Waals surface area contributed by atoms with E-state index in [4.69, 9.17) is 18.9 Å². The quantitative estimate of drug-likeness (QED) is 0.422. The van der Waals surface area contributed by atoms with Gasteiger partial charge in [0.15, 0.2) is 18.5 Å². The third kappa shape index (κ3) is 5.48. The predicted molar refractivity (Wildman–Crippen MR) is 119 cm³/mol. The maximum atomic E-state index is 12.7. The number of carbonyl (C=O) groups is 3. The Bertz CT molecular complexity index is 1120. The first-order valence-corrected chi connectivity index (χ1v) is 10.6. The van der Waals surface area contributed by atoms with Crippen molar-refractivity contribution in [1.82, 2.24) is 0 Å². The lowest BCUT2D eigenvalue weighted by Crippen LogP contribution is -2.42. The number of hydrogen-bond acceptors (Lipinski definition) is 8. The Morgan fingerprint density at radius 1 is 0.647 bits per heavy atom. The monoisotopic (exact) mass is 462 g/mol. The van der Waals surface area contributed by atoms with Gasteiger partial charge in [0.1, 0.15) is 12.7 Å². The van der Waals surface area contributed by atoms with Gasteiger partial charge in [0.25, 0.3) is 0 Å². The highest BCUT2D eigenvalue weighted by molar-refractivity contribution is 5.90. The van der Waals surface area contributed by atoms with Crippen LogP contribution >= 0.6 is 0 Å². The van der Waals surface area contributed by atoms with E-state index < -0.39 is 42.5 Å². The van der Waals surface area contributed by atoms with Gasteiger partial charge in [-0.2, -0.15) is 0 Å². The molecule has 0 saturated carbocycles. The van der Waals surface area contributed by atoms with Crippen molar-refractivity contribution in [2.75, 3.05) is 6.61 Å². The summed E-state index contributed by atoms with van der Waals surface area (Å²) in [5.74, 6) is -2.05. The van der Waals surface area contributed by atoms with Crippen LogP contribution in [-0.4, -0.2) is 54.2 Å². The van der Waals surface area contributed by atoms with Crippen LogP contribution in [0.2, 0.25) is 0 Å². The van der Waals surface area contributed by atoms with Gasteiger partial charge >= 0.3 is 17.9 Å². The summed E-state index contributed by atoms with van der Waals surface area (Å²) < 4.78 is 21.8. The smallest absolute Gasteiger partial charge is 0.338 e. The van der Waals surface area contributed by atoms with E-state index >= 15 is 0 Å². The van der Waals surface area contributed by atoms with Gasteiger partial charge in [0, 0.05) is 0 Å². The first kappa shape index (κ1) is 23.2. The Morgan fingerprint density at radius 3 is 1.53 bits per heavy atom. The van der Waals surface area contributed by atoms with E-state index in [-0.39, 0.29) is 17.7 Å². The second kappa shape index (κ2) is 10.7. The number of benzene rings is 3. The molecule has 4 atom stereocenters. The average Bonchev–Trinajstić information content (AvgIpc) is 3.17. The van der Waals surface area contributed by atoms with Crippen molar-refractivity contribution in [3.63, 3.8) is 0 Å². The van der Waals surface area contributed by atoms with Crippen molar-refractivity contribution in [3.8, 4) is 0 Å². The summed E-state index contributed by atoms with van der Waals surface area (Å²) in [4.78, 5) is 37.6. The second-order valence-electron chi connectivity index (χ2n) is 7.50. The Morgan fingerprint density at radius 2 is 1.06 bits per heavy atom. The molecule has 8 heteroatoms. The minimum absolute atomic E-state index is 0.252. The highest BCUT2D eigenvalue weighted by atomic mass is 16.7. The van der Waals surface area contributed by atoms with Gasteiger partial charge in [-0.25, -0.2) is 14.4 Å². The first-order chi connectivity index (χ1) is 16.5. The summed E-state index contributed by atoms with van der Waals surface area (Å²) in [6.45, 7) is -0.336. The van der Waals surface area contributed by atoms with E-state index in [9.17, 15) is 19.5 Å². The Kier molecular flexibility index (Phi) is 7.31. The predicted octanol–water partition coefficient (Wildman–Crippen LogP) is 3.01. The van der Waals surface area contributed by atoms with Gasteiger partial charge in [-0.05, 0) is 36.4 Å². The van der Waals surface area contributed by atoms with Crippen LogP contribution in [0.15, 0.2) is 91.0 Å². The van der Waals surface area contributed by atoms with Crippen molar-refractivity contribution in [3.05, 3.63) is 108 Å². The summed E-state index contributed by atoms with van der Waals surface area (Å²) in [7, 11) is 0. The van der Waals surface area contributed by atoms with Gasteiger partial charge in [-0.15, -0.1) is 0 Å². The minimum atomic E-state index is -1.60. The molecule has 1 unspecified atom stereocenters. The van der Waals surface area contributed by atoms with Gasteiger partial charge in [0.05, 0.1) is 16.7 Å². The summed E-state index contributed by atoms with van der Waals surface area (Å²) in [6, 6.07) is 24.7. The number of ether oxygens (including phenoxy) is 4. The number of aliphatic hydroxyl groups is 1. The number of carbonyl (C=O) groups excluding carboxylic acids is 3. The molecular weight excluding hydrogens is 440 g/mol. The molecule has 3 aromatic carbocycles. The van der Waals surface area contributed by atoms with Crippen molar-refractivity contribution in [1.29, 1.82) is 0 Å². The summed E-state index contributed by atoms with van der Waals surface area (Å²) in [6.07, 6.45) is -5.22. The summed E-state index contributed by atoms with van der Waals surface area (Å²) in [5.41, 5.74) is 0.838. The van der Waals surface area contributed by atoms with Crippen molar-refractivity contribution >= 4 is 17.9 Å². The fourth-order valence-electron chi connectivity index (χ4n) is 3.46. The molecule has 0 amide bonds. The lowest BCUT2D eigenvalue weighted by molar-refractivity contribution is -0.135. The lowest BCUT2D eigenvalue weighted by Gasteiger charge is -2.23. The zero-order valence-corrected chi connectivity index (χ0v) is 18.0. The van der Waals surface area contributed by atoms with Gasteiger partial charge in [-0.1, -0.05) is 54.6 Å². The number of esters is 3. The number of hydrogen-bond donors (Lipinski definition) is 1. The van der Waals surface area contributed by atoms with Gasteiger partial charge in [0.2, 0.25) is 0 Å². The molecule has 4 rings (SSSR count). The normalized spacial score (nSPS) is 21.4. The molecule has 0 radical (unpaired) electrons. The molecule has 0 aliphatic carbocycles. The average molecular weight is 462 g/mol. The van der Waals surface area contributed by atoms with E-state index in [1.54, 1.807) is 91.0 Å².